The van der Waals surface area contributed by atoms with E-state index in [9.17, 15) is 4.79 Å². The molecule has 3 aromatic rings. The second-order valence-electron chi connectivity index (χ2n) is 8.07. The lowest BCUT2D eigenvalue weighted by Crippen LogP contribution is -2.35. The first-order chi connectivity index (χ1) is 15.0. The van der Waals surface area contributed by atoms with E-state index in [0.717, 1.165) is 65.5 Å². The van der Waals surface area contributed by atoms with Crippen LogP contribution in [0.4, 0.5) is 0 Å². The highest BCUT2D eigenvalue weighted by Crippen LogP contribution is 2.33. The van der Waals surface area contributed by atoms with Crippen LogP contribution in [0.15, 0.2) is 24.3 Å². The molecule has 0 aliphatic carbocycles. The normalized spacial score (nSPS) is 14.1. The smallest absolute Gasteiger partial charge is 0.222 e. The zero-order valence-electron chi connectivity index (χ0n) is 18.8. The van der Waals surface area contributed by atoms with Crippen molar-refractivity contribution >= 4 is 11.6 Å². The third kappa shape index (κ3) is 4.22. The lowest BCUT2D eigenvalue weighted by atomic mass is 10.0. The van der Waals surface area contributed by atoms with Gasteiger partial charge in [0.1, 0.15) is 11.5 Å². The van der Waals surface area contributed by atoms with Crippen LogP contribution in [-0.2, 0) is 11.2 Å². The molecule has 1 aliphatic heterocycles. The molecule has 0 unspecified atom stereocenters. The lowest BCUT2D eigenvalue weighted by Gasteiger charge is -2.26. The molecule has 1 fully saturated rings. The number of nitrogens with zero attached hydrogens (tertiary/aromatic N) is 4. The summed E-state index contributed by atoms with van der Waals surface area (Å²) in [5, 5.41) is 4.80. The fraction of sp³-hybridized carbons (Fsp3) is 0.458. The van der Waals surface area contributed by atoms with Gasteiger partial charge in [-0.3, -0.25) is 4.79 Å². The molecule has 1 aliphatic rings. The molecule has 7 heteroatoms. The summed E-state index contributed by atoms with van der Waals surface area (Å²) in [7, 11) is 3.27. The maximum Gasteiger partial charge on any atom is 0.222 e. The van der Waals surface area contributed by atoms with Gasteiger partial charge in [-0.15, -0.1) is 0 Å². The molecule has 2 aromatic heterocycles. The molecule has 0 radical (unpaired) electrons. The fourth-order valence-electron chi connectivity index (χ4n) is 4.36. The third-order valence-corrected chi connectivity index (χ3v) is 6.15. The number of hydrogen-bond donors (Lipinski definition) is 0. The van der Waals surface area contributed by atoms with Crippen LogP contribution in [0.25, 0.3) is 16.9 Å². The van der Waals surface area contributed by atoms with Gasteiger partial charge in [-0.1, -0.05) is 0 Å². The monoisotopic (exact) mass is 422 g/mol. The van der Waals surface area contributed by atoms with E-state index in [-0.39, 0.29) is 5.91 Å². The molecule has 0 saturated carbocycles. The number of likely N-dealkylation sites (tertiary alicyclic amines) is 1. The zero-order valence-corrected chi connectivity index (χ0v) is 18.8. The molecule has 3 heterocycles. The maximum atomic E-state index is 12.6. The number of aromatic nitrogens is 3. The first-order valence-electron chi connectivity index (χ1n) is 10.9. The number of benzene rings is 1. The molecule has 1 saturated heterocycles. The molecular weight excluding hydrogens is 392 g/mol. The van der Waals surface area contributed by atoms with E-state index >= 15 is 0 Å². The molecule has 0 atom stereocenters. The predicted octanol–water partition coefficient (Wildman–Crippen LogP) is 3.98. The van der Waals surface area contributed by atoms with Gasteiger partial charge in [0, 0.05) is 48.6 Å². The highest BCUT2D eigenvalue weighted by Gasteiger charge is 2.19. The number of amides is 1. The summed E-state index contributed by atoms with van der Waals surface area (Å²) < 4.78 is 12.7. The van der Waals surface area contributed by atoms with Crippen LogP contribution in [0.1, 0.15) is 42.6 Å². The second kappa shape index (κ2) is 8.96. The standard InChI is InChI=1S/C24H30N4O3/c1-16-19(10-11-24(29)27-12-6-5-7-13-27)17(2)28-23(25-16)15-21(26-28)20-9-8-18(30-3)14-22(20)31-4/h8-9,14-15H,5-7,10-13H2,1-4H3. The Morgan fingerprint density at radius 2 is 1.84 bits per heavy atom. The number of carbonyl (C=O) groups excluding carboxylic acids is 1. The number of hydrogen-bond acceptors (Lipinski definition) is 5. The van der Waals surface area contributed by atoms with Crippen molar-refractivity contribution in [3.8, 4) is 22.8 Å². The van der Waals surface area contributed by atoms with Crippen LogP contribution in [0.5, 0.6) is 11.5 Å². The number of piperidine rings is 1. The van der Waals surface area contributed by atoms with E-state index in [2.05, 4.69) is 0 Å². The summed E-state index contributed by atoms with van der Waals surface area (Å²) in [5.74, 6) is 1.67. The second-order valence-corrected chi connectivity index (χ2v) is 8.07. The highest BCUT2D eigenvalue weighted by molar-refractivity contribution is 5.76. The molecule has 7 nitrogen and oxygen atoms in total. The van der Waals surface area contributed by atoms with Crippen LogP contribution < -0.4 is 9.47 Å². The SMILES string of the molecule is COc1ccc(-c2cc3nc(C)c(CCC(=O)N4CCCCC4)c(C)n3n2)c(OC)c1. The minimum Gasteiger partial charge on any atom is -0.497 e. The van der Waals surface area contributed by atoms with Crippen LogP contribution in [0.3, 0.4) is 0 Å². The average Bonchev–Trinajstić information content (AvgIpc) is 3.22. The minimum atomic E-state index is 0.239. The molecule has 1 aromatic carbocycles. The van der Waals surface area contributed by atoms with Crippen molar-refractivity contribution in [3.05, 3.63) is 41.2 Å². The van der Waals surface area contributed by atoms with E-state index in [1.807, 2.05) is 47.5 Å². The Labute approximate surface area is 183 Å². The van der Waals surface area contributed by atoms with Gasteiger partial charge in [-0.25, -0.2) is 9.50 Å². The summed E-state index contributed by atoms with van der Waals surface area (Å²) in [6, 6.07) is 7.65. The van der Waals surface area contributed by atoms with E-state index in [0.29, 0.717) is 18.6 Å². The molecule has 4 rings (SSSR count). The quantitative estimate of drug-likeness (QED) is 0.601. The van der Waals surface area contributed by atoms with Gasteiger partial charge in [0.2, 0.25) is 5.91 Å². The Kier molecular flexibility index (Phi) is 6.11. The number of rotatable bonds is 6. The summed E-state index contributed by atoms with van der Waals surface area (Å²) in [6.45, 7) is 5.83. The van der Waals surface area contributed by atoms with Crippen LogP contribution in [-0.4, -0.2) is 52.7 Å². The van der Waals surface area contributed by atoms with Crippen LogP contribution in [0.2, 0.25) is 0 Å². The van der Waals surface area contributed by atoms with E-state index in [1.165, 1.54) is 6.42 Å². The molecule has 31 heavy (non-hydrogen) atoms. The van der Waals surface area contributed by atoms with Crippen LogP contribution >= 0.6 is 0 Å². The maximum absolute atomic E-state index is 12.6. The molecule has 1 amide bonds. The number of methoxy groups -OCH3 is 2. The molecule has 0 bridgehead atoms. The Balaban J connectivity index is 1.62. The fourth-order valence-corrected chi connectivity index (χ4v) is 4.36. The van der Waals surface area contributed by atoms with Crippen molar-refractivity contribution in [1.82, 2.24) is 19.5 Å². The number of carbonyl (C=O) groups is 1. The molecule has 0 spiro atoms. The Hall–Kier alpha value is -3.09. The predicted molar refractivity (Wildman–Crippen MR) is 120 cm³/mol. The van der Waals surface area contributed by atoms with Crippen molar-refractivity contribution < 1.29 is 14.3 Å². The van der Waals surface area contributed by atoms with E-state index in [4.69, 9.17) is 19.6 Å². The Morgan fingerprint density at radius 1 is 1.06 bits per heavy atom. The zero-order chi connectivity index (χ0) is 22.0. The first-order valence-corrected chi connectivity index (χ1v) is 10.9. The van der Waals surface area contributed by atoms with E-state index in [1.54, 1.807) is 14.2 Å². The van der Waals surface area contributed by atoms with Gasteiger partial charge in [-0.05, 0) is 57.2 Å². The van der Waals surface area contributed by atoms with Crippen molar-refractivity contribution in [2.75, 3.05) is 27.3 Å². The largest absolute Gasteiger partial charge is 0.497 e. The topological polar surface area (TPSA) is 69.0 Å². The van der Waals surface area contributed by atoms with Gasteiger partial charge < -0.3 is 14.4 Å². The Bertz CT molecular complexity index is 1100. The summed E-state index contributed by atoms with van der Waals surface area (Å²) in [6.07, 6.45) is 4.64. The van der Waals surface area contributed by atoms with Crippen molar-refractivity contribution in [1.29, 1.82) is 0 Å². The number of aryl methyl sites for hydroxylation is 2. The van der Waals surface area contributed by atoms with Gasteiger partial charge in [0.05, 0.1) is 19.9 Å². The van der Waals surface area contributed by atoms with Gasteiger partial charge in [0.15, 0.2) is 5.65 Å². The van der Waals surface area contributed by atoms with Gasteiger partial charge in [-0.2, -0.15) is 5.10 Å². The van der Waals surface area contributed by atoms with Crippen molar-refractivity contribution in [3.63, 3.8) is 0 Å². The Morgan fingerprint density at radius 3 is 2.55 bits per heavy atom. The highest BCUT2D eigenvalue weighted by atomic mass is 16.5. The number of ether oxygens (including phenoxy) is 2. The molecule has 0 N–H and O–H groups in total. The molecule has 164 valence electrons. The van der Waals surface area contributed by atoms with Crippen molar-refractivity contribution in [2.45, 2.75) is 46.0 Å². The summed E-state index contributed by atoms with van der Waals surface area (Å²) in [4.78, 5) is 19.4. The van der Waals surface area contributed by atoms with Crippen LogP contribution in [0, 0.1) is 13.8 Å². The van der Waals surface area contributed by atoms with Gasteiger partial charge in [0.25, 0.3) is 0 Å². The molecular formula is C24H30N4O3. The first kappa shape index (κ1) is 21.2. The minimum absolute atomic E-state index is 0.239. The van der Waals surface area contributed by atoms with E-state index < -0.39 is 0 Å². The summed E-state index contributed by atoms with van der Waals surface area (Å²) in [5.41, 5.74) is 5.52. The average molecular weight is 423 g/mol. The number of fused-ring (bicyclic) bond motifs is 1. The van der Waals surface area contributed by atoms with Crippen molar-refractivity contribution in [2.24, 2.45) is 0 Å². The lowest BCUT2D eigenvalue weighted by molar-refractivity contribution is -0.132. The van der Waals surface area contributed by atoms with Gasteiger partial charge >= 0.3 is 0 Å². The summed E-state index contributed by atoms with van der Waals surface area (Å²) >= 11 is 0. The third-order valence-electron chi connectivity index (χ3n) is 6.15.